The van der Waals surface area contributed by atoms with Crippen LogP contribution in [0.1, 0.15) is 31.2 Å². The fraction of sp³-hybridized carbons (Fsp3) is 0.565. The Balaban J connectivity index is 0.000000480. The minimum Gasteiger partial charge on any atom is -0.483 e. The Morgan fingerprint density at radius 1 is 0.967 bits per heavy atom. The summed E-state index contributed by atoms with van der Waals surface area (Å²) in [5, 5.41) is 15.2. The fourth-order valence-corrected chi connectivity index (χ4v) is 5.24. The van der Waals surface area contributed by atoms with Crippen LogP contribution in [0.4, 0.5) is 0 Å². The van der Waals surface area contributed by atoms with Gasteiger partial charge in [-0.1, -0.05) is 12.1 Å². The van der Waals surface area contributed by atoms with E-state index in [-0.39, 0.29) is 12.9 Å². The van der Waals surface area contributed by atoms with Crippen molar-refractivity contribution in [2.24, 2.45) is 18.9 Å². The zero-order valence-electron chi connectivity index (χ0n) is 18.4. The molecule has 0 spiro atoms. The molecule has 4 rings (SSSR count). The lowest BCUT2D eigenvalue weighted by atomic mass is 10.0. The van der Waals surface area contributed by atoms with Crippen LogP contribution in [0.3, 0.4) is 0 Å². The van der Waals surface area contributed by atoms with Gasteiger partial charge in [-0.15, -0.1) is 0 Å². The van der Waals surface area contributed by atoms with Crippen molar-refractivity contribution in [3.05, 3.63) is 36.0 Å². The summed E-state index contributed by atoms with van der Waals surface area (Å²) in [5.74, 6) is 1.91. The third-order valence-electron chi connectivity index (χ3n) is 6.76. The maximum absolute atomic E-state index is 8.36. The molecule has 2 N–H and O–H groups in total. The molecule has 1 heterocycles. The van der Waals surface area contributed by atoms with E-state index in [0.29, 0.717) is 0 Å². The van der Waals surface area contributed by atoms with Crippen molar-refractivity contribution in [1.29, 1.82) is 0 Å². The summed E-state index contributed by atoms with van der Waals surface area (Å²) >= 11 is 0. The Hall–Kier alpha value is -2.38. The second-order valence-corrected chi connectivity index (χ2v) is 8.64. The van der Waals surface area contributed by atoms with Crippen LogP contribution >= 0.6 is 0 Å². The highest BCUT2D eigenvalue weighted by molar-refractivity contribution is 5.83. The summed E-state index contributed by atoms with van der Waals surface area (Å²) < 4.78 is 2.22. The number of rotatable bonds is 4. The van der Waals surface area contributed by atoms with Crippen LogP contribution in [-0.2, 0) is 23.2 Å². The topological polar surface area (TPSA) is 86.0 Å². The first-order chi connectivity index (χ1) is 14.4. The van der Waals surface area contributed by atoms with E-state index >= 15 is 0 Å². The predicted molar refractivity (Wildman–Crippen MR) is 118 cm³/mol. The summed E-state index contributed by atoms with van der Waals surface area (Å²) in [6.07, 6.45) is 7.80. The van der Waals surface area contributed by atoms with Gasteiger partial charge in [0.1, 0.15) is 0 Å². The van der Waals surface area contributed by atoms with Gasteiger partial charge in [0.2, 0.25) is 0 Å². The normalized spacial score (nSPS) is 24.7. The van der Waals surface area contributed by atoms with Gasteiger partial charge in [-0.3, -0.25) is 14.5 Å². The molecule has 166 valence electrons. The average molecular weight is 418 g/mol. The van der Waals surface area contributed by atoms with E-state index in [2.05, 4.69) is 73.0 Å². The van der Waals surface area contributed by atoms with Crippen LogP contribution < -0.4 is 0 Å². The molecule has 2 aliphatic rings. The molecule has 0 amide bonds. The number of hydrogen-bond acceptors (Lipinski definition) is 4. The fourth-order valence-electron chi connectivity index (χ4n) is 5.24. The molecule has 7 heteroatoms. The van der Waals surface area contributed by atoms with E-state index in [9.17, 15) is 0 Å². The average Bonchev–Trinajstić information content (AvgIpc) is 3.37. The number of benzene rings is 1. The van der Waals surface area contributed by atoms with Crippen molar-refractivity contribution >= 4 is 23.8 Å². The van der Waals surface area contributed by atoms with Gasteiger partial charge < -0.3 is 19.7 Å². The van der Waals surface area contributed by atoms with E-state index in [4.69, 9.17) is 19.8 Å². The van der Waals surface area contributed by atoms with Gasteiger partial charge in [-0.2, -0.15) is 0 Å². The smallest absolute Gasteiger partial charge is 0.290 e. The quantitative estimate of drug-likeness (QED) is 0.744. The van der Waals surface area contributed by atoms with Crippen LogP contribution in [-0.4, -0.2) is 70.8 Å². The van der Waals surface area contributed by atoms with Crippen LogP contribution in [0, 0.1) is 11.8 Å². The minimum atomic E-state index is -0.250. The van der Waals surface area contributed by atoms with Gasteiger partial charge in [0.05, 0.1) is 0 Å². The first-order valence-electron chi connectivity index (χ1n) is 10.4. The lowest BCUT2D eigenvalue weighted by Gasteiger charge is -2.27. The standard InChI is InChI=1S/C21H31N3.2CH2O2/c1-22(2)18-10-16-12-19(13-17(16)11-18)24(4)14-15-6-5-7-21-20(15)8-9-23(21)3;2*2-1-3/h5-9,16-19H,10-14H2,1-4H3;2*1H,(H,2,3)/t16-,17+,18?,19?;;. The van der Waals surface area contributed by atoms with Crippen molar-refractivity contribution in [1.82, 2.24) is 14.4 Å². The maximum atomic E-state index is 8.36. The molecule has 0 radical (unpaired) electrons. The lowest BCUT2D eigenvalue weighted by Crippen LogP contribution is -2.31. The zero-order valence-corrected chi connectivity index (χ0v) is 18.4. The molecule has 2 saturated carbocycles. The van der Waals surface area contributed by atoms with Crippen LogP contribution in [0.15, 0.2) is 30.5 Å². The Labute approximate surface area is 178 Å². The molecule has 0 aliphatic heterocycles. The van der Waals surface area contributed by atoms with Gasteiger partial charge >= 0.3 is 0 Å². The monoisotopic (exact) mass is 417 g/mol. The maximum Gasteiger partial charge on any atom is 0.290 e. The number of hydrogen-bond donors (Lipinski definition) is 2. The Bertz CT molecular complexity index is 800. The van der Waals surface area contributed by atoms with Crippen molar-refractivity contribution in [2.75, 3.05) is 21.1 Å². The van der Waals surface area contributed by atoms with Crippen LogP contribution in [0.5, 0.6) is 0 Å². The van der Waals surface area contributed by atoms with Crippen molar-refractivity contribution in [3.63, 3.8) is 0 Å². The van der Waals surface area contributed by atoms with E-state index in [1.807, 2.05) is 0 Å². The minimum absolute atomic E-state index is 0.250. The zero-order chi connectivity index (χ0) is 22.3. The number of fused-ring (bicyclic) bond motifs is 2. The molecule has 4 atom stereocenters. The summed E-state index contributed by atoms with van der Waals surface area (Å²) in [4.78, 5) is 21.8. The van der Waals surface area contributed by atoms with Crippen molar-refractivity contribution in [2.45, 2.75) is 44.3 Å². The summed E-state index contributed by atoms with van der Waals surface area (Å²) in [7, 11) is 8.96. The van der Waals surface area contributed by atoms with Crippen molar-refractivity contribution < 1.29 is 19.8 Å². The molecule has 0 bridgehead atoms. The number of aromatic nitrogens is 1. The molecule has 2 fully saturated rings. The number of aryl methyl sites for hydroxylation is 1. The SMILES string of the molecule is CN(C)C1C[C@@H]2CC(N(C)Cc3cccc4c3ccn4C)C[C@@H]2C1.O=CO.O=CO. The second-order valence-electron chi connectivity index (χ2n) is 8.64. The predicted octanol–water partition coefficient (Wildman–Crippen LogP) is 3.13. The Morgan fingerprint density at radius 2 is 1.50 bits per heavy atom. The second kappa shape index (κ2) is 11.1. The number of carboxylic acid groups (broad SMARTS) is 2. The van der Waals surface area contributed by atoms with Crippen LogP contribution in [0.2, 0.25) is 0 Å². The molecular formula is C23H35N3O4. The summed E-state index contributed by atoms with van der Waals surface area (Å²) in [6.45, 7) is 0.572. The summed E-state index contributed by atoms with van der Waals surface area (Å²) in [5.41, 5.74) is 2.82. The first kappa shape index (κ1) is 23.9. The van der Waals surface area contributed by atoms with Gasteiger partial charge in [0, 0.05) is 42.8 Å². The Kier molecular flexibility index (Phi) is 8.87. The number of nitrogens with zero attached hydrogens (tertiary/aromatic N) is 3. The van der Waals surface area contributed by atoms with E-state index in [0.717, 1.165) is 30.5 Å². The molecule has 2 aliphatic carbocycles. The molecule has 2 aromatic rings. The van der Waals surface area contributed by atoms with E-state index < -0.39 is 0 Å². The van der Waals surface area contributed by atoms with Gasteiger partial charge in [0.15, 0.2) is 0 Å². The largest absolute Gasteiger partial charge is 0.483 e. The van der Waals surface area contributed by atoms with Crippen molar-refractivity contribution in [3.8, 4) is 0 Å². The van der Waals surface area contributed by atoms with Crippen LogP contribution in [0.25, 0.3) is 10.9 Å². The third kappa shape index (κ3) is 5.61. The molecule has 30 heavy (non-hydrogen) atoms. The highest BCUT2D eigenvalue weighted by atomic mass is 16.3. The first-order valence-corrected chi connectivity index (χ1v) is 10.4. The highest BCUT2D eigenvalue weighted by Gasteiger charge is 2.43. The van der Waals surface area contributed by atoms with Gasteiger partial charge in [-0.25, -0.2) is 0 Å². The highest BCUT2D eigenvalue weighted by Crippen LogP contribution is 2.46. The summed E-state index contributed by atoms with van der Waals surface area (Å²) in [6, 6.07) is 10.6. The van der Waals surface area contributed by atoms with E-state index in [1.54, 1.807) is 0 Å². The molecule has 1 aromatic heterocycles. The molecule has 2 unspecified atom stereocenters. The molecule has 1 aromatic carbocycles. The third-order valence-corrected chi connectivity index (χ3v) is 6.76. The van der Waals surface area contributed by atoms with E-state index in [1.165, 1.54) is 42.1 Å². The lowest BCUT2D eigenvalue weighted by molar-refractivity contribution is -0.123. The molecule has 0 saturated heterocycles. The molecular weight excluding hydrogens is 382 g/mol. The Morgan fingerprint density at radius 3 is 2.03 bits per heavy atom. The molecule has 7 nitrogen and oxygen atoms in total. The number of carbonyl (C=O) groups is 2. The van der Waals surface area contributed by atoms with Gasteiger partial charge in [-0.05, 0) is 76.4 Å². The van der Waals surface area contributed by atoms with Gasteiger partial charge in [0.25, 0.3) is 12.9 Å².